The molecule has 2 rings (SSSR count). The number of rotatable bonds is 5. The van der Waals surface area contributed by atoms with Crippen molar-refractivity contribution in [1.82, 2.24) is 9.97 Å². The van der Waals surface area contributed by atoms with Crippen molar-refractivity contribution >= 4 is 11.8 Å². The molecule has 0 saturated carbocycles. The first-order chi connectivity index (χ1) is 9.58. The third kappa shape index (κ3) is 3.05. The predicted molar refractivity (Wildman–Crippen MR) is 66.4 cm³/mol. The summed E-state index contributed by atoms with van der Waals surface area (Å²) in [7, 11) is 0. The van der Waals surface area contributed by atoms with Crippen LogP contribution in [0.3, 0.4) is 0 Å². The highest BCUT2D eigenvalue weighted by Crippen LogP contribution is 2.23. The van der Waals surface area contributed by atoms with E-state index >= 15 is 0 Å². The van der Waals surface area contributed by atoms with Gasteiger partial charge in [0.05, 0.1) is 5.69 Å². The van der Waals surface area contributed by atoms with Crippen molar-refractivity contribution in [1.29, 1.82) is 0 Å². The fourth-order valence-corrected chi connectivity index (χ4v) is 1.46. The number of nitro groups is 1. The Hall–Kier alpha value is -3.03. The maximum atomic E-state index is 10.8. The van der Waals surface area contributed by atoms with E-state index in [0.29, 0.717) is 5.69 Å². The number of nitrogens with zero attached hydrogens (tertiary/aromatic N) is 3. The van der Waals surface area contributed by atoms with Crippen molar-refractivity contribution in [3.05, 3.63) is 58.0 Å². The van der Waals surface area contributed by atoms with Crippen LogP contribution in [0, 0.1) is 10.1 Å². The zero-order valence-electron chi connectivity index (χ0n) is 10.1. The molecule has 0 aliphatic carbocycles. The summed E-state index contributed by atoms with van der Waals surface area (Å²) in [4.78, 5) is 28.3. The van der Waals surface area contributed by atoms with Gasteiger partial charge in [-0.05, 0) is 34.2 Å². The van der Waals surface area contributed by atoms with Gasteiger partial charge in [0, 0.05) is 0 Å². The fraction of sp³-hybridized carbons (Fsp3) is 0.0833. The first-order valence-corrected chi connectivity index (χ1v) is 5.49. The Morgan fingerprint density at radius 1 is 1.35 bits per heavy atom. The molecule has 0 fully saturated rings. The summed E-state index contributed by atoms with van der Waals surface area (Å²) in [5, 5.41) is 19.6. The van der Waals surface area contributed by atoms with Gasteiger partial charge in [-0.25, -0.2) is 9.78 Å². The summed E-state index contributed by atoms with van der Waals surface area (Å²) in [6.45, 7) is -0.0896. The Morgan fingerprint density at radius 3 is 2.85 bits per heavy atom. The monoisotopic (exact) mass is 275 g/mol. The van der Waals surface area contributed by atoms with Gasteiger partial charge in [-0.15, -0.1) is 0 Å². The molecule has 0 radical (unpaired) electrons. The minimum absolute atomic E-state index is 0.0000260. The Labute approximate surface area is 112 Å². The summed E-state index contributed by atoms with van der Waals surface area (Å²) in [6, 6.07) is 7.34. The predicted octanol–water partition coefficient (Wildman–Crippen LogP) is 1.66. The van der Waals surface area contributed by atoms with E-state index in [1.165, 1.54) is 30.5 Å². The van der Waals surface area contributed by atoms with E-state index in [-0.39, 0.29) is 18.1 Å². The Bertz CT molecular complexity index is 659. The average Bonchev–Trinajstić information content (AvgIpc) is 2.45. The molecule has 0 unspecified atom stereocenters. The lowest BCUT2D eigenvalue weighted by Gasteiger charge is -2.06. The van der Waals surface area contributed by atoms with Crippen LogP contribution in [0.15, 0.2) is 36.5 Å². The maximum Gasteiger partial charge on any atom is 0.406 e. The number of aromatic carboxylic acids is 1. The molecule has 20 heavy (non-hydrogen) atoms. The van der Waals surface area contributed by atoms with E-state index in [1.54, 1.807) is 6.07 Å². The lowest BCUT2D eigenvalue weighted by molar-refractivity contribution is -0.390. The molecule has 0 saturated heterocycles. The highest BCUT2D eigenvalue weighted by atomic mass is 16.6. The van der Waals surface area contributed by atoms with Gasteiger partial charge in [0.2, 0.25) is 5.75 Å². The van der Waals surface area contributed by atoms with Crippen molar-refractivity contribution in [2.75, 3.05) is 0 Å². The second-order valence-corrected chi connectivity index (χ2v) is 3.69. The van der Waals surface area contributed by atoms with Gasteiger partial charge in [0.15, 0.2) is 0 Å². The first kappa shape index (κ1) is 13.4. The van der Waals surface area contributed by atoms with Crippen LogP contribution in [0.1, 0.15) is 16.2 Å². The Morgan fingerprint density at radius 2 is 2.15 bits per heavy atom. The Balaban J connectivity index is 2.15. The largest absolute Gasteiger partial charge is 0.479 e. The number of hydrogen-bond donors (Lipinski definition) is 1. The molecule has 2 aromatic rings. The maximum absolute atomic E-state index is 10.8. The highest BCUT2D eigenvalue weighted by molar-refractivity contribution is 5.85. The zero-order valence-corrected chi connectivity index (χ0v) is 10.1. The molecule has 0 aliphatic heterocycles. The van der Waals surface area contributed by atoms with Gasteiger partial charge in [-0.2, -0.15) is 0 Å². The van der Waals surface area contributed by atoms with Crippen LogP contribution < -0.4 is 4.74 Å². The second-order valence-electron chi connectivity index (χ2n) is 3.69. The zero-order chi connectivity index (χ0) is 14.5. The molecule has 8 heteroatoms. The van der Waals surface area contributed by atoms with Crippen LogP contribution in [0.4, 0.5) is 5.82 Å². The highest BCUT2D eigenvalue weighted by Gasteiger charge is 2.15. The minimum atomic E-state index is -1.15. The van der Waals surface area contributed by atoms with Crippen molar-refractivity contribution in [3.63, 3.8) is 0 Å². The smallest absolute Gasteiger partial charge is 0.406 e. The van der Waals surface area contributed by atoms with Gasteiger partial charge in [0.25, 0.3) is 0 Å². The molecule has 1 N–H and O–H groups in total. The normalized spacial score (nSPS) is 10.0. The van der Waals surface area contributed by atoms with Gasteiger partial charge in [0.1, 0.15) is 18.5 Å². The fourth-order valence-electron chi connectivity index (χ4n) is 1.46. The van der Waals surface area contributed by atoms with E-state index in [9.17, 15) is 14.9 Å². The number of carboxylic acids is 1. The topological polar surface area (TPSA) is 115 Å². The molecule has 2 heterocycles. The third-order valence-corrected chi connectivity index (χ3v) is 2.33. The van der Waals surface area contributed by atoms with Gasteiger partial charge in [-0.1, -0.05) is 6.07 Å². The summed E-state index contributed by atoms with van der Waals surface area (Å²) < 4.78 is 5.26. The molecule has 2 aromatic heterocycles. The SMILES string of the molecule is O=C(O)c1cccc(COc2cccnc2[N+](=O)[O-])n1. The molecule has 0 spiro atoms. The molecular formula is C12H9N3O5. The van der Waals surface area contributed by atoms with E-state index < -0.39 is 16.7 Å². The van der Waals surface area contributed by atoms with Crippen LogP contribution in [0.5, 0.6) is 5.75 Å². The van der Waals surface area contributed by atoms with Crippen LogP contribution in [0.2, 0.25) is 0 Å². The van der Waals surface area contributed by atoms with Crippen molar-refractivity contribution in [2.24, 2.45) is 0 Å². The van der Waals surface area contributed by atoms with E-state index in [2.05, 4.69) is 9.97 Å². The van der Waals surface area contributed by atoms with Gasteiger partial charge >= 0.3 is 11.8 Å². The number of pyridine rings is 2. The molecule has 0 atom stereocenters. The average molecular weight is 275 g/mol. The van der Waals surface area contributed by atoms with Gasteiger partial charge < -0.3 is 20.0 Å². The van der Waals surface area contributed by atoms with E-state index in [4.69, 9.17) is 9.84 Å². The summed E-state index contributed by atoms with van der Waals surface area (Å²) >= 11 is 0. The summed E-state index contributed by atoms with van der Waals surface area (Å²) in [5.74, 6) is -1.55. The lowest BCUT2D eigenvalue weighted by atomic mass is 10.3. The minimum Gasteiger partial charge on any atom is -0.479 e. The molecular weight excluding hydrogens is 266 g/mol. The molecule has 0 bridgehead atoms. The van der Waals surface area contributed by atoms with Crippen molar-refractivity contribution < 1.29 is 19.6 Å². The number of ether oxygens (including phenoxy) is 1. The van der Waals surface area contributed by atoms with Crippen molar-refractivity contribution in [3.8, 4) is 5.75 Å². The lowest BCUT2D eigenvalue weighted by Crippen LogP contribution is -2.06. The van der Waals surface area contributed by atoms with E-state index in [0.717, 1.165) is 0 Å². The second kappa shape index (κ2) is 5.74. The standard InChI is InChI=1S/C12H9N3O5/c16-12(17)9-4-1-3-8(14-9)7-20-10-5-2-6-13-11(10)15(18)19/h1-6H,7H2,(H,16,17). The number of carboxylic acid groups (broad SMARTS) is 1. The molecule has 102 valence electrons. The third-order valence-electron chi connectivity index (χ3n) is 2.33. The Kier molecular flexibility index (Phi) is 3.85. The first-order valence-electron chi connectivity index (χ1n) is 5.49. The molecule has 8 nitrogen and oxygen atoms in total. The number of aromatic nitrogens is 2. The molecule has 0 aromatic carbocycles. The quantitative estimate of drug-likeness (QED) is 0.651. The van der Waals surface area contributed by atoms with Crippen molar-refractivity contribution in [2.45, 2.75) is 6.61 Å². The van der Waals surface area contributed by atoms with Crippen LogP contribution in [-0.2, 0) is 6.61 Å². The number of carbonyl (C=O) groups is 1. The van der Waals surface area contributed by atoms with Gasteiger partial charge in [-0.3, -0.25) is 0 Å². The molecule has 0 amide bonds. The van der Waals surface area contributed by atoms with Crippen LogP contribution in [0.25, 0.3) is 0 Å². The number of hydrogen-bond acceptors (Lipinski definition) is 6. The van der Waals surface area contributed by atoms with Crippen LogP contribution >= 0.6 is 0 Å². The summed E-state index contributed by atoms with van der Waals surface area (Å²) in [5.41, 5.74) is 0.231. The molecule has 0 aliphatic rings. The van der Waals surface area contributed by atoms with E-state index in [1.807, 2.05) is 0 Å². The van der Waals surface area contributed by atoms with Crippen LogP contribution in [-0.4, -0.2) is 26.0 Å². The summed E-state index contributed by atoms with van der Waals surface area (Å²) in [6.07, 6.45) is 1.29.